The first-order valence-electron chi connectivity index (χ1n) is 5.86. The van der Waals surface area contributed by atoms with Gasteiger partial charge in [0.15, 0.2) is 0 Å². The van der Waals surface area contributed by atoms with E-state index >= 15 is 0 Å². The molecule has 21 heavy (non-hydrogen) atoms. The summed E-state index contributed by atoms with van der Waals surface area (Å²) in [6.45, 7) is 0.136. The van der Waals surface area contributed by atoms with Crippen molar-refractivity contribution in [3.05, 3.63) is 63.6 Å². The monoisotopic (exact) mass is 340 g/mol. The molecule has 7 heteroatoms. The number of nitrogens with zero attached hydrogens (tertiary/aromatic N) is 1. The van der Waals surface area contributed by atoms with Crippen LogP contribution in [0.4, 0.5) is 0 Å². The Morgan fingerprint density at radius 3 is 2.33 bits per heavy atom. The van der Waals surface area contributed by atoms with E-state index in [2.05, 4.69) is 4.72 Å². The van der Waals surface area contributed by atoms with Crippen LogP contribution in [0.5, 0.6) is 0 Å². The van der Waals surface area contributed by atoms with Gasteiger partial charge in [-0.15, -0.1) is 0 Å². The molecule has 0 unspecified atom stereocenters. The molecule has 2 rings (SSSR count). The molecule has 0 radical (unpaired) electrons. The number of hydrogen-bond acceptors (Lipinski definition) is 3. The number of rotatable bonds is 4. The van der Waals surface area contributed by atoms with E-state index in [0.29, 0.717) is 5.02 Å². The second-order valence-electron chi connectivity index (χ2n) is 4.20. The minimum Gasteiger partial charge on any atom is -0.207 e. The van der Waals surface area contributed by atoms with Crippen LogP contribution in [0.25, 0.3) is 0 Å². The second-order valence-corrected chi connectivity index (χ2v) is 6.82. The van der Waals surface area contributed by atoms with Crippen molar-refractivity contribution in [3.8, 4) is 6.07 Å². The van der Waals surface area contributed by atoms with Gasteiger partial charge in [0.1, 0.15) is 6.07 Å². The van der Waals surface area contributed by atoms with Gasteiger partial charge >= 0.3 is 0 Å². The summed E-state index contributed by atoms with van der Waals surface area (Å²) < 4.78 is 26.8. The molecule has 0 spiro atoms. The van der Waals surface area contributed by atoms with Crippen LogP contribution < -0.4 is 4.72 Å². The fraction of sp³-hybridized carbons (Fsp3) is 0.0714. The van der Waals surface area contributed by atoms with E-state index < -0.39 is 10.0 Å². The minimum absolute atomic E-state index is 0.0143. The van der Waals surface area contributed by atoms with Crippen LogP contribution in [0.1, 0.15) is 11.1 Å². The molecule has 1 N–H and O–H groups in total. The number of nitriles is 1. The Hall–Kier alpha value is -1.58. The molecule has 0 aromatic heterocycles. The van der Waals surface area contributed by atoms with Gasteiger partial charge in [-0.05, 0) is 35.9 Å². The van der Waals surface area contributed by atoms with E-state index in [-0.39, 0.29) is 22.0 Å². The number of halogens is 2. The zero-order chi connectivity index (χ0) is 15.5. The van der Waals surface area contributed by atoms with Crippen molar-refractivity contribution in [1.82, 2.24) is 4.72 Å². The van der Waals surface area contributed by atoms with Crippen LogP contribution in [0.3, 0.4) is 0 Å². The fourth-order valence-electron chi connectivity index (χ4n) is 1.62. The summed E-state index contributed by atoms with van der Waals surface area (Å²) >= 11 is 11.6. The second kappa shape index (κ2) is 6.46. The van der Waals surface area contributed by atoms with Crippen LogP contribution in [-0.4, -0.2) is 8.42 Å². The number of benzene rings is 2. The SMILES string of the molecule is N#Cc1ccc(S(=O)(=O)NCc2ccc(Cl)cc2)cc1Cl. The first-order valence-corrected chi connectivity index (χ1v) is 8.10. The van der Waals surface area contributed by atoms with Crippen molar-refractivity contribution < 1.29 is 8.42 Å². The van der Waals surface area contributed by atoms with Crippen molar-refractivity contribution in [1.29, 1.82) is 5.26 Å². The molecule has 0 saturated carbocycles. The lowest BCUT2D eigenvalue weighted by Crippen LogP contribution is -2.23. The van der Waals surface area contributed by atoms with Crippen LogP contribution >= 0.6 is 23.2 Å². The topological polar surface area (TPSA) is 70.0 Å². The lowest BCUT2D eigenvalue weighted by molar-refractivity contribution is 0.581. The molecule has 0 bridgehead atoms. The maximum Gasteiger partial charge on any atom is 0.240 e. The molecular weight excluding hydrogens is 331 g/mol. The molecule has 0 aliphatic carbocycles. The molecule has 0 aliphatic rings. The standard InChI is InChI=1S/C14H10Cl2N2O2S/c15-12-4-1-10(2-5-12)9-18-21(19,20)13-6-3-11(8-17)14(16)7-13/h1-7,18H,9H2. The molecule has 0 heterocycles. The molecule has 108 valence electrons. The zero-order valence-electron chi connectivity index (χ0n) is 10.7. The number of nitrogens with one attached hydrogen (secondary N) is 1. The van der Waals surface area contributed by atoms with Crippen LogP contribution in [0, 0.1) is 11.3 Å². The summed E-state index contributed by atoms with van der Waals surface area (Å²) in [7, 11) is -3.69. The van der Waals surface area contributed by atoms with E-state index in [1.54, 1.807) is 24.3 Å². The lowest BCUT2D eigenvalue weighted by Gasteiger charge is -2.08. The summed E-state index contributed by atoms with van der Waals surface area (Å²) in [5, 5.41) is 9.46. The molecule has 0 amide bonds. The van der Waals surface area contributed by atoms with Gasteiger partial charge in [0.25, 0.3) is 0 Å². The third-order valence-corrected chi connectivity index (χ3v) is 4.71. The maximum atomic E-state index is 12.1. The predicted octanol–water partition coefficient (Wildman–Crippen LogP) is 3.34. The largest absolute Gasteiger partial charge is 0.240 e. The summed E-state index contributed by atoms with van der Waals surface area (Å²) in [6, 6.07) is 12.7. The minimum atomic E-state index is -3.69. The average Bonchev–Trinajstić information content (AvgIpc) is 2.46. The van der Waals surface area contributed by atoms with Crippen molar-refractivity contribution in [2.24, 2.45) is 0 Å². The molecule has 0 atom stereocenters. The highest BCUT2D eigenvalue weighted by Crippen LogP contribution is 2.20. The highest BCUT2D eigenvalue weighted by molar-refractivity contribution is 7.89. The molecule has 0 aliphatic heterocycles. The predicted molar refractivity (Wildman–Crippen MR) is 81.6 cm³/mol. The molecule has 0 fully saturated rings. The van der Waals surface area contributed by atoms with E-state index in [0.717, 1.165) is 5.56 Å². The highest BCUT2D eigenvalue weighted by atomic mass is 35.5. The van der Waals surface area contributed by atoms with Crippen LogP contribution in [0.2, 0.25) is 10.0 Å². The Kier molecular flexibility index (Phi) is 4.86. The first-order chi connectivity index (χ1) is 9.92. The van der Waals surface area contributed by atoms with Crippen molar-refractivity contribution in [2.45, 2.75) is 11.4 Å². The summed E-state index contributed by atoms with van der Waals surface area (Å²) in [6.07, 6.45) is 0. The number of sulfonamides is 1. The highest BCUT2D eigenvalue weighted by Gasteiger charge is 2.15. The average molecular weight is 341 g/mol. The number of hydrogen-bond donors (Lipinski definition) is 1. The van der Waals surface area contributed by atoms with Gasteiger partial charge in [-0.3, -0.25) is 0 Å². The third-order valence-electron chi connectivity index (χ3n) is 2.75. The quantitative estimate of drug-likeness (QED) is 0.927. The normalized spacial score (nSPS) is 11.1. The van der Waals surface area contributed by atoms with E-state index in [1.165, 1.54) is 18.2 Å². The Morgan fingerprint density at radius 2 is 1.76 bits per heavy atom. The summed E-state index contributed by atoms with van der Waals surface area (Å²) in [4.78, 5) is 0.0143. The van der Waals surface area contributed by atoms with Gasteiger partial charge in [-0.2, -0.15) is 5.26 Å². The molecule has 4 nitrogen and oxygen atoms in total. The first kappa shape index (κ1) is 15.8. The molecular formula is C14H10Cl2N2O2S. The van der Waals surface area contributed by atoms with E-state index in [1.807, 2.05) is 6.07 Å². The lowest BCUT2D eigenvalue weighted by atomic mass is 10.2. The Bertz CT molecular complexity index is 797. The molecule has 2 aromatic rings. The Morgan fingerprint density at radius 1 is 1.10 bits per heavy atom. The fourth-order valence-corrected chi connectivity index (χ4v) is 3.07. The van der Waals surface area contributed by atoms with Gasteiger partial charge in [-0.25, -0.2) is 13.1 Å². The molecule has 0 saturated heterocycles. The van der Waals surface area contributed by atoms with Gasteiger partial charge in [-0.1, -0.05) is 35.3 Å². The van der Waals surface area contributed by atoms with E-state index in [4.69, 9.17) is 28.5 Å². The van der Waals surface area contributed by atoms with Gasteiger partial charge < -0.3 is 0 Å². The van der Waals surface area contributed by atoms with Gasteiger partial charge in [0.05, 0.1) is 15.5 Å². The van der Waals surface area contributed by atoms with Crippen molar-refractivity contribution in [3.63, 3.8) is 0 Å². The van der Waals surface area contributed by atoms with Crippen molar-refractivity contribution >= 4 is 33.2 Å². The van der Waals surface area contributed by atoms with Gasteiger partial charge in [0, 0.05) is 11.6 Å². The third kappa shape index (κ3) is 3.96. The molecule has 2 aromatic carbocycles. The smallest absolute Gasteiger partial charge is 0.207 e. The summed E-state index contributed by atoms with van der Waals surface area (Å²) in [5.74, 6) is 0. The Balaban J connectivity index is 2.17. The van der Waals surface area contributed by atoms with Crippen molar-refractivity contribution in [2.75, 3.05) is 0 Å². The van der Waals surface area contributed by atoms with Crippen LogP contribution in [-0.2, 0) is 16.6 Å². The van der Waals surface area contributed by atoms with E-state index in [9.17, 15) is 8.42 Å². The van der Waals surface area contributed by atoms with Gasteiger partial charge in [0.2, 0.25) is 10.0 Å². The summed E-state index contributed by atoms with van der Waals surface area (Å²) in [5.41, 5.74) is 1.01. The zero-order valence-corrected chi connectivity index (χ0v) is 13.0. The maximum absolute atomic E-state index is 12.1. The Labute approximate surface area is 133 Å². The van der Waals surface area contributed by atoms with Crippen LogP contribution in [0.15, 0.2) is 47.4 Å².